The molecule has 0 radical (unpaired) electrons. The summed E-state index contributed by atoms with van der Waals surface area (Å²) >= 11 is 0. The Bertz CT molecular complexity index is 341. The molecule has 1 fully saturated rings. The number of hydrogen-bond acceptors (Lipinski definition) is 1. The van der Waals surface area contributed by atoms with Gasteiger partial charge in [-0.1, -0.05) is 32.4 Å². The number of benzene rings is 1. The van der Waals surface area contributed by atoms with Crippen LogP contribution in [-0.2, 0) is 0 Å². The number of nitrogen functional groups attached to an aromatic ring is 1. The molecular weight excluding hydrogens is 182 g/mol. The normalized spacial score (nSPS) is 25.1. The van der Waals surface area contributed by atoms with Gasteiger partial charge in [0, 0.05) is 5.69 Å². The first kappa shape index (κ1) is 10.5. The van der Waals surface area contributed by atoms with Gasteiger partial charge >= 0.3 is 0 Å². The zero-order valence-corrected chi connectivity index (χ0v) is 9.79. The lowest BCUT2D eigenvalue weighted by Crippen LogP contribution is -2.21. The molecule has 0 bridgehead atoms. The predicted molar refractivity (Wildman–Crippen MR) is 65.8 cm³/mol. The quantitative estimate of drug-likeness (QED) is 0.687. The Kier molecular flexibility index (Phi) is 2.72. The topological polar surface area (TPSA) is 26.0 Å². The van der Waals surface area contributed by atoms with Crippen LogP contribution in [0, 0.1) is 5.41 Å². The fraction of sp³-hybridized carbons (Fsp3) is 0.571. The van der Waals surface area contributed by atoms with Crippen molar-refractivity contribution in [1.29, 1.82) is 0 Å². The monoisotopic (exact) mass is 203 g/mol. The van der Waals surface area contributed by atoms with Gasteiger partial charge in [0.1, 0.15) is 0 Å². The minimum absolute atomic E-state index is 0.507. The summed E-state index contributed by atoms with van der Waals surface area (Å²) in [5.74, 6) is 0.720. The van der Waals surface area contributed by atoms with Crippen LogP contribution in [0.5, 0.6) is 0 Å². The second-order valence-corrected chi connectivity index (χ2v) is 5.63. The van der Waals surface area contributed by atoms with Crippen molar-refractivity contribution >= 4 is 5.69 Å². The third-order valence-corrected chi connectivity index (χ3v) is 3.59. The molecule has 0 aliphatic heterocycles. The molecule has 1 atom stereocenters. The van der Waals surface area contributed by atoms with Crippen LogP contribution in [0.2, 0.25) is 0 Å². The standard InChI is InChI=1S/C14H21N/c1-14(2)8-4-6-12(10-14)11-5-3-7-13(15)9-11/h3,5,7,9,12H,4,6,8,10,15H2,1-2H3. The molecule has 1 unspecified atom stereocenters. The summed E-state index contributed by atoms with van der Waals surface area (Å²) in [7, 11) is 0. The van der Waals surface area contributed by atoms with Crippen molar-refractivity contribution in [3.8, 4) is 0 Å². The number of hydrogen-bond donors (Lipinski definition) is 1. The Balaban J connectivity index is 2.17. The molecule has 82 valence electrons. The van der Waals surface area contributed by atoms with E-state index >= 15 is 0 Å². The summed E-state index contributed by atoms with van der Waals surface area (Å²) in [6.45, 7) is 4.76. The first-order valence-corrected chi connectivity index (χ1v) is 5.92. The molecular formula is C14H21N. The second-order valence-electron chi connectivity index (χ2n) is 5.63. The van der Waals surface area contributed by atoms with E-state index in [1.165, 1.54) is 31.2 Å². The summed E-state index contributed by atoms with van der Waals surface area (Å²) < 4.78 is 0. The van der Waals surface area contributed by atoms with Gasteiger partial charge in [-0.15, -0.1) is 0 Å². The van der Waals surface area contributed by atoms with Gasteiger partial charge in [0.2, 0.25) is 0 Å². The van der Waals surface area contributed by atoms with E-state index in [0.717, 1.165) is 11.6 Å². The van der Waals surface area contributed by atoms with Crippen molar-refractivity contribution in [2.24, 2.45) is 5.41 Å². The highest BCUT2D eigenvalue weighted by atomic mass is 14.5. The number of nitrogens with two attached hydrogens (primary N) is 1. The fourth-order valence-corrected chi connectivity index (χ4v) is 2.80. The van der Waals surface area contributed by atoms with Crippen molar-refractivity contribution in [1.82, 2.24) is 0 Å². The SMILES string of the molecule is CC1(C)CCCC(c2cccc(N)c2)C1. The molecule has 0 heterocycles. The maximum atomic E-state index is 5.83. The van der Waals surface area contributed by atoms with Crippen LogP contribution in [0.3, 0.4) is 0 Å². The van der Waals surface area contributed by atoms with Gasteiger partial charge < -0.3 is 5.73 Å². The van der Waals surface area contributed by atoms with E-state index in [1.54, 1.807) is 0 Å². The van der Waals surface area contributed by atoms with Gasteiger partial charge in [0.25, 0.3) is 0 Å². The summed E-state index contributed by atoms with van der Waals surface area (Å²) in [6, 6.07) is 8.41. The van der Waals surface area contributed by atoms with Crippen LogP contribution in [0.4, 0.5) is 5.69 Å². The molecule has 15 heavy (non-hydrogen) atoms. The minimum Gasteiger partial charge on any atom is -0.399 e. The van der Waals surface area contributed by atoms with E-state index in [0.29, 0.717) is 5.41 Å². The first-order valence-electron chi connectivity index (χ1n) is 5.92. The summed E-state index contributed by atoms with van der Waals surface area (Å²) in [6.07, 6.45) is 5.35. The van der Waals surface area contributed by atoms with Crippen LogP contribution in [0.15, 0.2) is 24.3 Å². The van der Waals surface area contributed by atoms with Gasteiger partial charge in [-0.2, -0.15) is 0 Å². The molecule has 1 aliphatic carbocycles. The van der Waals surface area contributed by atoms with Crippen LogP contribution in [-0.4, -0.2) is 0 Å². The van der Waals surface area contributed by atoms with Crippen molar-refractivity contribution in [3.63, 3.8) is 0 Å². The highest BCUT2D eigenvalue weighted by molar-refractivity contribution is 5.42. The minimum atomic E-state index is 0.507. The van der Waals surface area contributed by atoms with E-state index in [4.69, 9.17) is 5.73 Å². The lowest BCUT2D eigenvalue weighted by Gasteiger charge is -2.35. The summed E-state index contributed by atoms with van der Waals surface area (Å²) in [5.41, 5.74) is 8.67. The maximum absolute atomic E-state index is 5.83. The zero-order chi connectivity index (χ0) is 10.9. The maximum Gasteiger partial charge on any atom is 0.0316 e. The Labute approximate surface area is 92.7 Å². The average molecular weight is 203 g/mol. The Hall–Kier alpha value is -0.980. The highest BCUT2D eigenvalue weighted by Gasteiger charge is 2.28. The third-order valence-electron chi connectivity index (χ3n) is 3.59. The van der Waals surface area contributed by atoms with Crippen molar-refractivity contribution in [2.75, 3.05) is 5.73 Å². The van der Waals surface area contributed by atoms with Crippen molar-refractivity contribution in [3.05, 3.63) is 29.8 Å². The van der Waals surface area contributed by atoms with Gasteiger partial charge in [0.05, 0.1) is 0 Å². The van der Waals surface area contributed by atoms with E-state index in [1.807, 2.05) is 6.07 Å². The molecule has 2 rings (SSSR count). The lowest BCUT2D eigenvalue weighted by atomic mass is 9.70. The van der Waals surface area contributed by atoms with Crippen LogP contribution in [0.1, 0.15) is 51.0 Å². The highest BCUT2D eigenvalue weighted by Crippen LogP contribution is 2.43. The molecule has 1 nitrogen and oxygen atoms in total. The van der Waals surface area contributed by atoms with E-state index < -0.39 is 0 Å². The molecule has 0 amide bonds. The molecule has 1 heteroatoms. The average Bonchev–Trinajstić information content (AvgIpc) is 2.16. The van der Waals surface area contributed by atoms with Crippen LogP contribution in [0.25, 0.3) is 0 Å². The molecule has 1 aromatic carbocycles. The van der Waals surface area contributed by atoms with Crippen molar-refractivity contribution in [2.45, 2.75) is 45.4 Å². The number of anilines is 1. The smallest absolute Gasteiger partial charge is 0.0316 e. The predicted octanol–water partition coefficient (Wildman–Crippen LogP) is 3.95. The third kappa shape index (κ3) is 2.53. The molecule has 1 aromatic rings. The number of rotatable bonds is 1. The van der Waals surface area contributed by atoms with Gasteiger partial charge in [0.15, 0.2) is 0 Å². The summed E-state index contributed by atoms with van der Waals surface area (Å²) in [5, 5.41) is 0. The van der Waals surface area contributed by atoms with Gasteiger partial charge in [-0.05, 0) is 48.3 Å². The Morgan fingerprint density at radius 1 is 1.33 bits per heavy atom. The van der Waals surface area contributed by atoms with E-state index in [9.17, 15) is 0 Å². The van der Waals surface area contributed by atoms with Crippen molar-refractivity contribution < 1.29 is 0 Å². The van der Waals surface area contributed by atoms with Gasteiger partial charge in [-0.3, -0.25) is 0 Å². The van der Waals surface area contributed by atoms with E-state index in [-0.39, 0.29) is 0 Å². The zero-order valence-electron chi connectivity index (χ0n) is 9.79. The van der Waals surface area contributed by atoms with E-state index in [2.05, 4.69) is 32.0 Å². The molecule has 1 aliphatic rings. The first-order chi connectivity index (χ1) is 7.07. The molecule has 0 spiro atoms. The second kappa shape index (κ2) is 3.88. The molecule has 0 aromatic heterocycles. The van der Waals surface area contributed by atoms with Gasteiger partial charge in [-0.25, -0.2) is 0 Å². The van der Waals surface area contributed by atoms with Crippen LogP contribution < -0.4 is 5.73 Å². The summed E-state index contributed by atoms with van der Waals surface area (Å²) in [4.78, 5) is 0. The largest absolute Gasteiger partial charge is 0.399 e. The Morgan fingerprint density at radius 2 is 2.13 bits per heavy atom. The molecule has 0 saturated heterocycles. The lowest BCUT2D eigenvalue weighted by molar-refractivity contribution is 0.219. The Morgan fingerprint density at radius 3 is 2.80 bits per heavy atom. The van der Waals surface area contributed by atoms with Crippen LogP contribution >= 0.6 is 0 Å². The molecule has 2 N–H and O–H groups in total. The molecule has 1 saturated carbocycles. The fourth-order valence-electron chi connectivity index (χ4n) is 2.80.